The molecule has 0 fully saturated rings. The van der Waals surface area contributed by atoms with E-state index < -0.39 is 5.97 Å². The fraction of sp³-hybridized carbons (Fsp3) is 0.462. The number of ether oxygens (including phenoxy) is 1. The van der Waals surface area contributed by atoms with Gasteiger partial charge >= 0.3 is 5.97 Å². The maximum atomic E-state index is 12.0. The number of rotatable bonds is 5. The second-order valence-corrected chi connectivity index (χ2v) is 4.33. The molecule has 0 radical (unpaired) electrons. The highest BCUT2D eigenvalue weighted by molar-refractivity contribution is 6.05. The minimum absolute atomic E-state index is 0.0363. The summed E-state index contributed by atoms with van der Waals surface area (Å²) in [5, 5.41) is 17.1. The summed E-state index contributed by atoms with van der Waals surface area (Å²) in [6, 6.07) is 0. The van der Waals surface area contributed by atoms with E-state index in [1.165, 1.54) is 6.20 Å². The highest BCUT2D eigenvalue weighted by Gasteiger charge is 2.20. The van der Waals surface area contributed by atoms with Crippen molar-refractivity contribution in [3.63, 3.8) is 0 Å². The number of anilines is 1. The minimum atomic E-state index is -0.439. The molecule has 0 aliphatic heterocycles. The van der Waals surface area contributed by atoms with Gasteiger partial charge in [-0.3, -0.25) is 4.68 Å². The first-order valence-corrected chi connectivity index (χ1v) is 6.44. The molecule has 0 unspecified atom stereocenters. The van der Waals surface area contributed by atoms with Gasteiger partial charge in [0.05, 0.1) is 30.0 Å². The summed E-state index contributed by atoms with van der Waals surface area (Å²) in [5.41, 5.74) is 2.40. The summed E-state index contributed by atoms with van der Waals surface area (Å²) in [7, 11) is 1.79. The highest BCUT2D eigenvalue weighted by Crippen LogP contribution is 2.28. The van der Waals surface area contributed by atoms with Gasteiger partial charge in [0.15, 0.2) is 5.65 Å². The van der Waals surface area contributed by atoms with Gasteiger partial charge in [-0.15, -0.1) is 0 Å². The number of carbonyl (C=O) groups is 1. The standard InChI is InChI=1S/C13H18N4O3/c1-4-20-13(19)9-7-15-12-10(8(2)16-17(12)3)11(9)14-5-6-18/h7,18H,4-6H2,1-3H3,(H,14,15). The molecule has 0 aromatic carbocycles. The van der Waals surface area contributed by atoms with Crippen LogP contribution in [0.1, 0.15) is 23.0 Å². The first-order valence-electron chi connectivity index (χ1n) is 6.44. The summed E-state index contributed by atoms with van der Waals surface area (Å²) < 4.78 is 6.69. The van der Waals surface area contributed by atoms with Crippen molar-refractivity contribution in [1.82, 2.24) is 14.8 Å². The molecule has 108 valence electrons. The van der Waals surface area contributed by atoms with Gasteiger partial charge < -0.3 is 15.2 Å². The third-order valence-electron chi connectivity index (χ3n) is 2.94. The molecule has 0 atom stereocenters. The van der Waals surface area contributed by atoms with E-state index in [0.717, 1.165) is 11.1 Å². The molecule has 2 aromatic rings. The van der Waals surface area contributed by atoms with Crippen molar-refractivity contribution >= 4 is 22.7 Å². The Kier molecular flexibility index (Phi) is 4.19. The fourth-order valence-corrected chi connectivity index (χ4v) is 2.14. The molecule has 0 amide bonds. The van der Waals surface area contributed by atoms with Crippen LogP contribution in [-0.2, 0) is 11.8 Å². The van der Waals surface area contributed by atoms with Crippen LogP contribution in [0.4, 0.5) is 5.69 Å². The molecule has 0 aliphatic rings. The van der Waals surface area contributed by atoms with E-state index in [4.69, 9.17) is 9.84 Å². The van der Waals surface area contributed by atoms with E-state index in [2.05, 4.69) is 15.4 Å². The lowest BCUT2D eigenvalue weighted by Crippen LogP contribution is -2.13. The van der Waals surface area contributed by atoms with E-state index in [9.17, 15) is 4.79 Å². The van der Waals surface area contributed by atoms with E-state index in [1.807, 2.05) is 6.92 Å². The Morgan fingerprint density at radius 3 is 2.95 bits per heavy atom. The Morgan fingerprint density at radius 1 is 1.55 bits per heavy atom. The Labute approximate surface area is 116 Å². The van der Waals surface area contributed by atoms with Crippen LogP contribution < -0.4 is 5.32 Å². The number of fused-ring (bicyclic) bond motifs is 1. The maximum absolute atomic E-state index is 12.0. The average molecular weight is 278 g/mol. The van der Waals surface area contributed by atoms with E-state index in [-0.39, 0.29) is 6.61 Å². The van der Waals surface area contributed by atoms with Crippen molar-refractivity contribution < 1.29 is 14.6 Å². The molecule has 2 aromatic heterocycles. The van der Waals surface area contributed by atoms with Crippen molar-refractivity contribution in [3.8, 4) is 0 Å². The topological polar surface area (TPSA) is 89.3 Å². The maximum Gasteiger partial charge on any atom is 0.341 e. The quantitative estimate of drug-likeness (QED) is 0.788. The summed E-state index contributed by atoms with van der Waals surface area (Å²) in [6.07, 6.45) is 1.47. The zero-order chi connectivity index (χ0) is 14.7. The first kappa shape index (κ1) is 14.3. The van der Waals surface area contributed by atoms with Gasteiger partial charge in [-0.2, -0.15) is 5.10 Å². The Balaban J connectivity index is 2.62. The van der Waals surface area contributed by atoms with Crippen LogP contribution in [0.3, 0.4) is 0 Å². The first-order chi connectivity index (χ1) is 9.60. The monoisotopic (exact) mass is 278 g/mol. The molecule has 2 rings (SSSR count). The van der Waals surface area contributed by atoms with Crippen molar-refractivity contribution in [2.75, 3.05) is 25.1 Å². The van der Waals surface area contributed by atoms with Crippen LogP contribution in [0.5, 0.6) is 0 Å². The van der Waals surface area contributed by atoms with E-state index in [0.29, 0.717) is 30.0 Å². The molecule has 7 heteroatoms. The summed E-state index contributed by atoms with van der Waals surface area (Å²) >= 11 is 0. The molecular weight excluding hydrogens is 260 g/mol. The minimum Gasteiger partial charge on any atom is -0.462 e. The predicted molar refractivity (Wildman–Crippen MR) is 74.8 cm³/mol. The molecule has 0 spiro atoms. The lowest BCUT2D eigenvalue weighted by molar-refractivity contribution is 0.0527. The highest BCUT2D eigenvalue weighted by atomic mass is 16.5. The second-order valence-electron chi connectivity index (χ2n) is 4.33. The zero-order valence-electron chi connectivity index (χ0n) is 11.8. The molecule has 2 N–H and O–H groups in total. The third-order valence-corrected chi connectivity index (χ3v) is 2.94. The fourth-order valence-electron chi connectivity index (χ4n) is 2.14. The summed E-state index contributed by atoms with van der Waals surface area (Å²) in [5.74, 6) is -0.439. The third kappa shape index (κ3) is 2.44. The lowest BCUT2D eigenvalue weighted by atomic mass is 10.1. The van der Waals surface area contributed by atoms with Crippen molar-refractivity contribution in [2.24, 2.45) is 7.05 Å². The number of aromatic nitrogens is 3. The molecule has 0 bridgehead atoms. The van der Waals surface area contributed by atoms with Crippen LogP contribution >= 0.6 is 0 Å². The van der Waals surface area contributed by atoms with Crippen LogP contribution in [0.15, 0.2) is 6.20 Å². The van der Waals surface area contributed by atoms with Crippen LogP contribution in [0, 0.1) is 6.92 Å². The molecular formula is C13H18N4O3. The number of nitrogens with zero attached hydrogens (tertiary/aromatic N) is 3. The van der Waals surface area contributed by atoms with Crippen LogP contribution in [0.25, 0.3) is 11.0 Å². The number of aliphatic hydroxyl groups excluding tert-OH is 1. The van der Waals surface area contributed by atoms with Gasteiger partial charge in [0, 0.05) is 19.8 Å². The number of aryl methyl sites for hydroxylation is 2. The van der Waals surface area contributed by atoms with Crippen molar-refractivity contribution in [1.29, 1.82) is 0 Å². The Hall–Kier alpha value is -2.15. The number of carbonyl (C=O) groups excluding carboxylic acids is 1. The van der Waals surface area contributed by atoms with Gasteiger partial charge in [-0.25, -0.2) is 9.78 Å². The number of aliphatic hydroxyl groups is 1. The van der Waals surface area contributed by atoms with Crippen LogP contribution in [0.2, 0.25) is 0 Å². The molecule has 20 heavy (non-hydrogen) atoms. The smallest absolute Gasteiger partial charge is 0.341 e. The Morgan fingerprint density at radius 2 is 2.30 bits per heavy atom. The summed E-state index contributed by atoms with van der Waals surface area (Å²) in [4.78, 5) is 16.3. The zero-order valence-corrected chi connectivity index (χ0v) is 11.8. The number of nitrogens with one attached hydrogen (secondary N) is 1. The van der Waals surface area contributed by atoms with Gasteiger partial charge in [0.1, 0.15) is 5.56 Å². The van der Waals surface area contributed by atoms with Gasteiger partial charge in [-0.05, 0) is 13.8 Å². The van der Waals surface area contributed by atoms with Gasteiger partial charge in [0.2, 0.25) is 0 Å². The van der Waals surface area contributed by atoms with Gasteiger partial charge in [0.25, 0.3) is 0 Å². The van der Waals surface area contributed by atoms with E-state index >= 15 is 0 Å². The SMILES string of the molecule is CCOC(=O)c1cnc2c(c(C)nn2C)c1NCCO. The predicted octanol–water partition coefficient (Wildman–Crippen LogP) is 0.858. The molecule has 0 saturated carbocycles. The largest absolute Gasteiger partial charge is 0.462 e. The number of pyridine rings is 1. The number of hydrogen-bond acceptors (Lipinski definition) is 6. The molecule has 2 heterocycles. The van der Waals surface area contributed by atoms with E-state index in [1.54, 1.807) is 18.7 Å². The number of esters is 1. The average Bonchev–Trinajstić information content (AvgIpc) is 2.72. The summed E-state index contributed by atoms with van der Waals surface area (Å²) in [6.45, 7) is 4.19. The second kappa shape index (κ2) is 5.87. The Bertz CT molecular complexity index is 636. The van der Waals surface area contributed by atoms with Crippen molar-refractivity contribution in [3.05, 3.63) is 17.5 Å². The van der Waals surface area contributed by atoms with Crippen LogP contribution in [-0.4, -0.2) is 45.6 Å². The molecule has 0 aliphatic carbocycles. The van der Waals surface area contributed by atoms with Crippen molar-refractivity contribution in [2.45, 2.75) is 13.8 Å². The lowest BCUT2D eigenvalue weighted by Gasteiger charge is -2.12. The number of hydrogen-bond donors (Lipinski definition) is 2. The molecule has 0 saturated heterocycles. The molecule has 7 nitrogen and oxygen atoms in total. The van der Waals surface area contributed by atoms with Gasteiger partial charge in [-0.1, -0.05) is 0 Å². The normalized spacial score (nSPS) is 10.8.